The summed E-state index contributed by atoms with van der Waals surface area (Å²) >= 11 is 0. The number of rotatable bonds is 7. The first kappa shape index (κ1) is 16.6. The molecule has 23 heavy (non-hydrogen) atoms. The van der Waals surface area contributed by atoms with E-state index in [9.17, 15) is 4.79 Å². The van der Waals surface area contributed by atoms with Gasteiger partial charge < -0.3 is 4.74 Å². The van der Waals surface area contributed by atoms with Crippen molar-refractivity contribution in [2.24, 2.45) is 5.11 Å². The first-order chi connectivity index (χ1) is 11.2. The molecule has 0 saturated heterocycles. The monoisotopic (exact) mass is 309 g/mol. The van der Waals surface area contributed by atoms with Crippen molar-refractivity contribution < 1.29 is 9.53 Å². The molecule has 0 amide bonds. The van der Waals surface area contributed by atoms with E-state index in [-0.39, 0.29) is 12.0 Å². The van der Waals surface area contributed by atoms with Gasteiger partial charge in [-0.1, -0.05) is 59.7 Å². The minimum absolute atomic E-state index is 0.186. The average Bonchev–Trinajstić information content (AvgIpc) is 2.61. The van der Waals surface area contributed by atoms with E-state index in [0.29, 0.717) is 6.42 Å². The van der Waals surface area contributed by atoms with E-state index >= 15 is 0 Å². The summed E-state index contributed by atoms with van der Waals surface area (Å²) in [5.74, 6) is -0.186. The number of carbonyl (C=O) groups excluding carboxylic acids is 1. The molecule has 1 atom stereocenters. The minimum Gasteiger partial charge on any atom is -0.469 e. The number of ether oxygens (including phenoxy) is 1. The Labute approximate surface area is 135 Å². The number of azide groups is 1. The van der Waals surface area contributed by atoms with E-state index in [4.69, 9.17) is 5.53 Å². The lowest BCUT2D eigenvalue weighted by atomic mass is 9.97. The summed E-state index contributed by atoms with van der Waals surface area (Å²) in [7, 11) is 1.40. The molecule has 0 N–H and O–H groups in total. The van der Waals surface area contributed by atoms with Crippen LogP contribution >= 0.6 is 0 Å². The molecule has 0 aromatic heterocycles. The highest BCUT2D eigenvalue weighted by atomic mass is 16.5. The maximum atomic E-state index is 11.1. The standard InChI is InChI=1S/C18H19N3O2/c1-23-17(22)9-5-6-14-10-12-16(13-11-14)18(20-21-19)15-7-3-2-4-8-15/h2-4,7-8,10-13,18H,5-6,9H2,1H3/t18-/m1/s1. The molecule has 118 valence electrons. The summed E-state index contributed by atoms with van der Waals surface area (Å²) in [5.41, 5.74) is 11.9. The fourth-order valence-corrected chi connectivity index (χ4v) is 2.42. The summed E-state index contributed by atoms with van der Waals surface area (Å²) in [6.45, 7) is 0. The number of carbonyl (C=O) groups is 1. The molecule has 5 nitrogen and oxygen atoms in total. The summed E-state index contributed by atoms with van der Waals surface area (Å²) in [6.07, 6.45) is 1.99. The second-order valence-electron chi connectivity index (χ2n) is 5.19. The molecule has 2 aromatic carbocycles. The molecular formula is C18H19N3O2. The van der Waals surface area contributed by atoms with Crippen LogP contribution in [-0.2, 0) is 16.0 Å². The second kappa shape index (κ2) is 8.61. The molecule has 2 aromatic rings. The molecule has 2 rings (SSSR count). The largest absolute Gasteiger partial charge is 0.469 e. The van der Waals surface area contributed by atoms with Crippen LogP contribution in [0, 0.1) is 0 Å². The predicted octanol–water partition coefficient (Wildman–Crippen LogP) is 4.58. The molecule has 0 bridgehead atoms. The maximum absolute atomic E-state index is 11.1. The van der Waals surface area contributed by atoms with Gasteiger partial charge in [0.2, 0.25) is 0 Å². The lowest BCUT2D eigenvalue weighted by Crippen LogP contribution is -2.01. The van der Waals surface area contributed by atoms with E-state index in [2.05, 4.69) is 14.8 Å². The topological polar surface area (TPSA) is 75.1 Å². The fourth-order valence-electron chi connectivity index (χ4n) is 2.42. The Morgan fingerprint density at radius 1 is 1.13 bits per heavy atom. The smallest absolute Gasteiger partial charge is 0.305 e. The van der Waals surface area contributed by atoms with Gasteiger partial charge in [0.05, 0.1) is 13.2 Å². The number of nitrogens with zero attached hydrogens (tertiary/aromatic N) is 3. The van der Waals surface area contributed by atoms with Gasteiger partial charge in [-0.3, -0.25) is 4.79 Å². The SMILES string of the molecule is COC(=O)CCCc1ccc([C@H](N=[N+]=[N-])c2ccccc2)cc1. The second-order valence-corrected chi connectivity index (χ2v) is 5.19. The molecule has 5 heteroatoms. The van der Waals surface area contributed by atoms with E-state index in [0.717, 1.165) is 29.5 Å². The van der Waals surface area contributed by atoms with Crippen molar-refractivity contribution >= 4 is 5.97 Å². The maximum Gasteiger partial charge on any atom is 0.305 e. The number of hydrogen-bond donors (Lipinski definition) is 0. The van der Waals surface area contributed by atoms with Gasteiger partial charge in [0.15, 0.2) is 0 Å². The third kappa shape index (κ3) is 4.87. The van der Waals surface area contributed by atoms with Gasteiger partial charge in [0, 0.05) is 11.3 Å². The van der Waals surface area contributed by atoms with E-state index in [1.54, 1.807) is 0 Å². The Morgan fingerprint density at radius 2 is 1.78 bits per heavy atom. The molecule has 0 aliphatic rings. The first-order valence-electron chi connectivity index (χ1n) is 7.49. The summed E-state index contributed by atoms with van der Waals surface area (Å²) in [5, 5.41) is 3.91. The van der Waals surface area contributed by atoms with Crippen LogP contribution < -0.4 is 0 Å². The highest BCUT2D eigenvalue weighted by Crippen LogP contribution is 2.26. The predicted molar refractivity (Wildman–Crippen MR) is 88.8 cm³/mol. The van der Waals surface area contributed by atoms with Crippen molar-refractivity contribution in [1.82, 2.24) is 0 Å². The normalized spacial score (nSPS) is 11.3. The summed E-state index contributed by atoms with van der Waals surface area (Å²) < 4.78 is 4.63. The van der Waals surface area contributed by atoms with Gasteiger partial charge >= 0.3 is 5.97 Å². The molecule has 0 fully saturated rings. The lowest BCUT2D eigenvalue weighted by molar-refractivity contribution is -0.140. The quantitative estimate of drug-likeness (QED) is 0.325. The van der Waals surface area contributed by atoms with Gasteiger partial charge in [-0.15, -0.1) is 0 Å². The van der Waals surface area contributed by atoms with Crippen molar-refractivity contribution in [1.29, 1.82) is 0 Å². The van der Waals surface area contributed by atoms with Gasteiger partial charge in [-0.25, -0.2) is 0 Å². The Hall–Kier alpha value is -2.78. The van der Waals surface area contributed by atoms with Crippen LogP contribution in [0.4, 0.5) is 0 Å². The number of hydrogen-bond acceptors (Lipinski definition) is 3. The van der Waals surface area contributed by atoms with Crippen molar-refractivity contribution in [3.8, 4) is 0 Å². The molecule has 0 aliphatic carbocycles. The minimum atomic E-state index is -0.328. The van der Waals surface area contributed by atoms with Crippen LogP contribution in [0.1, 0.15) is 35.6 Å². The molecule has 0 unspecified atom stereocenters. The van der Waals surface area contributed by atoms with Crippen molar-refractivity contribution in [2.45, 2.75) is 25.3 Å². The van der Waals surface area contributed by atoms with Crippen molar-refractivity contribution in [3.63, 3.8) is 0 Å². The fraction of sp³-hybridized carbons (Fsp3) is 0.278. The Balaban J connectivity index is 2.07. The molecule has 0 heterocycles. The zero-order valence-corrected chi connectivity index (χ0v) is 13.1. The van der Waals surface area contributed by atoms with E-state index in [1.165, 1.54) is 7.11 Å². The number of esters is 1. The third-order valence-corrected chi connectivity index (χ3v) is 3.65. The Kier molecular flexibility index (Phi) is 6.21. The van der Waals surface area contributed by atoms with Crippen molar-refractivity contribution in [3.05, 3.63) is 81.7 Å². The van der Waals surface area contributed by atoms with Crippen LogP contribution in [0.15, 0.2) is 59.7 Å². The van der Waals surface area contributed by atoms with Gasteiger partial charge in [0.1, 0.15) is 0 Å². The molecule has 0 spiro atoms. The third-order valence-electron chi connectivity index (χ3n) is 3.65. The number of methoxy groups -OCH3 is 1. The van der Waals surface area contributed by atoms with Crippen LogP contribution in [0.2, 0.25) is 0 Å². The zero-order chi connectivity index (χ0) is 16.5. The molecule has 0 radical (unpaired) electrons. The lowest BCUT2D eigenvalue weighted by Gasteiger charge is -2.12. The van der Waals surface area contributed by atoms with E-state index in [1.807, 2.05) is 54.6 Å². The van der Waals surface area contributed by atoms with Crippen molar-refractivity contribution in [2.75, 3.05) is 7.11 Å². The van der Waals surface area contributed by atoms with Crippen LogP contribution in [-0.4, -0.2) is 13.1 Å². The molecule has 0 saturated carbocycles. The summed E-state index contributed by atoms with van der Waals surface area (Å²) in [4.78, 5) is 14.1. The Bertz CT molecular complexity index is 677. The van der Waals surface area contributed by atoms with Gasteiger partial charge in [0.25, 0.3) is 0 Å². The average molecular weight is 309 g/mol. The number of benzene rings is 2. The molecular weight excluding hydrogens is 290 g/mol. The van der Waals surface area contributed by atoms with Crippen LogP contribution in [0.3, 0.4) is 0 Å². The van der Waals surface area contributed by atoms with Gasteiger partial charge in [-0.05, 0) is 35.1 Å². The van der Waals surface area contributed by atoms with E-state index < -0.39 is 0 Å². The molecule has 0 aliphatic heterocycles. The van der Waals surface area contributed by atoms with Gasteiger partial charge in [-0.2, -0.15) is 0 Å². The van der Waals surface area contributed by atoms with Crippen LogP contribution in [0.25, 0.3) is 10.4 Å². The Morgan fingerprint density at radius 3 is 2.39 bits per heavy atom. The first-order valence-corrected chi connectivity index (χ1v) is 7.49. The highest BCUT2D eigenvalue weighted by Gasteiger charge is 2.11. The zero-order valence-electron chi connectivity index (χ0n) is 13.1. The number of aryl methyl sites for hydroxylation is 1. The summed E-state index contributed by atoms with van der Waals surface area (Å²) in [6, 6.07) is 17.3. The van der Waals surface area contributed by atoms with Crippen LogP contribution in [0.5, 0.6) is 0 Å². The highest BCUT2D eigenvalue weighted by molar-refractivity contribution is 5.69.